The first-order valence-electron chi connectivity index (χ1n) is 6.39. The third-order valence-electron chi connectivity index (χ3n) is 3.83. The minimum Gasteiger partial charge on any atom is -0.370 e. The van der Waals surface area contributed by atoms with Crippen molar-refractivity contribution in [1.29, 1.82) is 0 Å². The first kappa shape index (κ1) is 16.6. The lowest BCUT2D eigenvalue weighted by atomic mass is 9.95. The van der Waals surface area contributed by atoms with Crippen molar-refractivity contribution in [3.63, 3.8) is 0 Å². The number of anilines is 1. The molecule has 2 atom stereocenters. The molecule has 3 N–H and O–H groups in total. The van der Waals surface area contributed by atoms with Crippen LogP contribution in [0.15, 0.2) is 22.7 Å². The number of amides is 1. The fraction of sp³-hybridized carbons (Fsp3) is 0.462. The smallest absolute Gasteiger partial charge is 0.244 e. The van der Waals surface area contributed by atoms with Gasteiger partial charge in [-0.2, -0.15) is 0 Å². The molecule has 1 aliphatic carbocycles. The second-order valence-electron chi connectivity index (χ2n) is 5.30. The summed E-state index contributed by atoms with van der Waals surface area (Å²) in [7, 11) is -3.39. The molecule has 0 aromatic heterocycles. The summed E-state index contributed by atoms with van der Waals surface area (Å²) in [5.74, 6) is -0.651. The van der Waals surface area contributed by atoms with E-state index in [1.807, 2.05) is 0 Å². The average molecular weight is 396 g/mol. The molecule has 2 unspecified atom stereocenters. The normalized spacial score (nSPS) is 25.8. The molecule has 0 heterocycles. The van der Waals surface area contributed by atoms with Crippen molar-refractivity contribution in [1.82, 2.24) is 0 Å². The Morgan fingerprint density at radius 1 is 1.52 bits per heavy atom. The van der Waals surface area contributed by atoms with E-state index in [9.17, 15) is 13.2 Å². The number of rotatable bonds is 4. The molecule has 0 aliphatic heterocycles. The van der Waals surface area contributed by atoms with Gasteiger partial charge in [0.1, 0.15) is 5.54 Å². The van der Waals surface area contributed by atoms with E-state index in [0.717, 1.165) is 6.26 Å². The summed E-state index contributed by atoms with van der Waals surface area (Å²) in [4.78, 5) is 12.0. The number of carbonyl (C=O) groups excluding carboxylic acids is 1. The van der Waals surface area contributed by atoms with Crippen LogP contribution >= 0.6 is 27.5 Å². The predicted octanol–water partition coefficient (Wildman–Crippen LogP) is 2.34. The molecule has 1 saturated carbocycles. The highest BCUT2D eigenvalue weighted by molar-refractivity contribution is 9.10. The van der Waals surface area contributed by atoms with Crippen molar-refractivity contribution in [2.45, 2.75) is 30.1 Å². The minimum atomic E-state index is -3.39. The van der Waals surface area contributed by atoms with Crippen molar-refractivity contribution < 1.29 is 13.2 Å². The number of hydrogen-bond donors (Lipinski definition) is 2. The quantitative estimate of drug-likeness (QED) is 0.819. The zero-order valence-electron chi connectivity index (χ0n) is 11.4. The van der Waals surface area contributed by atoms with Crippen molar-refractivity contribution in [3.05, 3.63) is 27.7 Å². The molecule has 116 valence electrons. The zero-order valence-corrected chi connectivity index (χ0v) is 14.6. The van der Waals surface area contributed by atoms with Gasteiger partial charge < -0.3 is 11.1 Å². The number of sulfone groups is 1. The number of carbonyl (C=O) groups is 1. The van der Waals surface area contributed by atoms with Crippen LogP contribution in [-0.4, -0.2) is 31.4 Å². The fourth-order valence-corrected chi connectivity index (χ4v) is 4.99. The van der Waals surface area contributed by atoms with E-state index in [2.05, 4.69) is 21.2 Å². The van der Waals surface area contributed by atoms with Crippen LogP contribution < -0.4 is 11.1 Å². The van der Waals surface area contributed by atoms with Crippen LogP contribution in [0.3, 0.4) is 0 Å². The summed E-state index contributed by atoms with van der Waals surface area (Å²) in [5.41, 5.74) is 4.85. The van der Waals surface area contributed by atoms with Gasteiger partial charge in [0.25, 0.3) is 0 Å². The van der Waals surface area contributed by atoms with Crippen LogP contribution in [0.25, 0.3) is 0 Å². The van der Waals surface area contributed by atoms with Crippen molar-refractivity contribution in [2.24, 2.45) is 5.73 Å². The molecule has 0 bridgehead atoms. The van der Waals surface area contributed by atoms with Crippen molar-refractivity contribution in [2.75, 3.05) is 11.6 Å². The number of nitrogens with one attached hydrogen (secondary N) is 1. The largest absolute Gasteiger partial charge is 0.370 e. The second kappa shape index (κ2) is 5.78. The summed E-state index contributed by atoms with van der Waals surface area (Å²) in [5, 5.41) is 2.74. The lowest BCUT2D eigenvalue weighted by Gasteiger charge is -2.33. The molecule has 1 aromatic carbocycles. The third-order valence-corrected chi connectivity index (χ3v) is 6.72. The van der Waals surface area contributed by atoms with Gasteiger partial charge in [0, 0.05) is 16.4 Å². The van der Waals surface area contributed by atoms with E-state index in [-0.39, 0.29) is 0 Å². The van der Waals surface area contributed by atoms with Crippen LogP contribution in [0.4, 0.5) is 5.69 Å². The van der Waals surface area contributed by atoms with Gasteiger partial charge in [-0.25, -0.2) is 8.42 Å². The SMILES string of the molecule is CS(=O)(=O)C1CCCC1(Nc1ccc(Cl)c(Br)c1)C(N)=O. The minimum absolute atomic E-state index is 0.389. The highest BCUT2D eigenvalue weighted by atomic mass is 79.9. The van der Waals surface area contributed by atoms with Gasteiger partial charge in [-0.15, -0.1) is 0 Å². The van der Waals surface area contributed by atoms with E-state index in [1.54, 1.807) is 18.2 Å². The molecule has 1 amide bonds. The number of primary amides is 1. The number of halogens is 2. The van der Waals surface area contributed by atoms with E-state index in [1.165, 1.54) is 0 Å². The number of benzene rings is 1. The van der Waals surface area contributed by atoms with Crippen LogP contribution in [-0.2, 0) is 14.6 Å². The maximum atomic E-state index is 12.0. The van der Waals surface area contributed by atoms with Gasteiger partial charge in [-0.1, -0.05) is 11.6 Å². The van der Waals surface area contributed by atoms with Crippen LogP contribution in [0.2, 0.25) is 5.02 Å². The highest BCUT2D eigenvalue weighted by Crippen LogP contribution is 2.38. The molecule has 1 fully saturated rings. The Morgan fingerprint density at radius 3 is 2.71 bits per heavy atom. The van der Waals surface area contributed by atoms with E-state index in [0.29, 0.717) is 34.4 Å². The molecular weight excluding hydrogens is 380 g/mol. The Kier molecular flexibility index (Phi) is 4.56. The Labute approximate surface area is 137 Å². The van der Waals surface area contributed by atoms with Gasteiger partial charge in [0.05, 0.1) is 10.3 Å². The Morgan fingerprint density at radius 2 is 2.19 bits per heavy atom. The monoisotopic (exact) mass is 394 g/mol. The summed E-state index contributed by atoms with van der Waals surface area (Å²) in [6, 6.07) is 5.05. The number of hydrogen-bond acceptors (Lipinski definition) is 4. The summed E-state index contributed by atoms with van der Waals surface area (Å²) in [6.07, 6.45) is 2.58. The van der Waals surface area contributed by atoms with E-state index in [4.69, 9.17) is 17.3 Å². The zero-order chi connectivity index (χ0) is 15.8. The summed E-state index contributed by atoms with van der Waals surface area (Å²) < 4.78 is 24.6. The van der Waals surface area contributed by atoms with Crippen molar-refractivity contribution >= 4 is 49.0 Å². The lowest BCUT2D eigenvalue weighted by Crippen LogP contribution is -2.58. The van der Waals surface area contributed by atoms with Gasteiger partial charge in [0.15, 0.2) is 9.84 Å². The third kappa shape index (κ3) is 3.19. The van der Waals surface area contributed by atoms with Crippen molar-refractivity contribution in [3.8, 4) is 0 Å². The first-order chi connectivity index (χ1) is 9.67. The summed E-state index contributed by atoms with van der Waals surface area (Å²) >= 11 is 9.23. The van der Waals surface area contributed by atoms with Crippen LogP contribution in [0.1, 0.15) is 19.3 Å². The molecule has 0 saturated heterocycles. The van der Waals surface area contributed by atoms with Crippen LogP contribution in [0.5, 0.6) is 0 Å². The molecule has 5 nitrogen and oxygen atoms in total. The Balaban J connectivity index is 2.43. The molecule has 1 aliphatic rings. The maximum Gasteiger partial charge on any atom is 0.244 e. The molecule has 2 rings (SSSR count). The maximum absolute atomic E-state index is 12.0. The molecule has 1 aromatic rings. The molecular formula is C13H16BrClN2O3S. The molecule has 21 heavy (non-hydrogen) atoms. The topological polar surface area (TPSA) is 89.3 Å². The van der Waals surface area contributed by atoms with Gasteiger partial charge in [-0.3, -0.25) is 4.79 Å². The average Bonchev–Trinajstić information content (AvgIpc) is 2.79. The Hall–Kier alpha value is -0.790. The fourth-order valence-electron chi connectivity index (χ4n) is 2.87. The number of nitrogens with two attached hydrogens (primary N) is 1. The second-order valence-corrected chi connectivity index (χ2v) is 8.79. The molecule has 0 spiro atoms. The molecule has 0 radical (unpaired) electrons. The highest BCUT2D eigenvalue weighted by Gasteiger charge is 2.52. The summed E-state index contributed by atoms with van der Waals surface area (Å²) in [6.45, 7) is 0. The predicted molar refractivity (Wildman–Crippen MR) is 87.2 cm³/mol. The first-order valence-corrected chi connectivity index (χ1v) is 9.51. The van der Waals surface area contributed by atoms with E-state index >= 15 is 0 Å². The lowest BCUT2D eigenvalue weighted by molar-refractivity contribution is -0.122. The molecule has 8 heteroatoms. The Bertz CT molecular complexity index is 680. The standard InChI is InChI=1S/C13H16BrClN2O3S/c1-21(19,20)11-3-2-6-13(11,12(16)18)17-8-4-5-10(15)9(14)7-8/h4-5,7,11,17H,2-3,6H2,1H3,(H2,16,18). The van der Waals surface area contributed by atoms with E-state index < -0.39 is 26.5 Å². The van der Waals surface area contributed by atoms with Crippen LogP contribution in [0, 0.1) is 0 Å². The van der Waals surface area contributed by atoms with Gasteiger partial charge in [-0.05, 0) is 53.4 Å². The van der Waals surface area contributed by atoms with Gasteiger partial charge in [0.2, 0.25) is 5.91 Å². The van der Waals surface area contributed by atoms with Gasteiger partial charge >= 0.3 is 0 Å².